The number of hydrogen-bond acceptors (Lipinski definition) is 2. The molecule has 0 aliphatic heterocycles. The Morgan fingerprint density at radius 1 is 0.189 bits per heavy atom. The minimum absolute atomic E-state index is 0.502. The van der Waals surface area contributed by atoms with Gasteiger partial charge in [0.2, 0.25) is 0 Å². The highest BCUT2D eigenvalue weighted by atomic mass is 15.2. The van der Waals surface area contributed by atoms with Gasteiger partial charge in [0.05, 0.1) is 27.5 Å². The van der Waals surface area contributed by atoms with Crippen LogP contribution in [0.1, 0.15) is 22.3 Å². The zero-order valence-electron chi connectivity index (χ0n) is 51.9. The summed E-state index contributed by atoms with van der Waals surface area (Å²) in [6.07, 6.45) is 0. The van der Waals surface area contributed by atoms with E-state index in [-0.39, 0.29) is 0 Å². The van der Waals surface area contributed by atoms with Crippen molar-refractivity contribution in [3.05, 3.63) is 386 Å². The number of hydrogen-bond donors (Lipinski definition) is 0. The molecule has 2 heterocycles. The molecule has 4 nitrogen and oxygen atoms in total. The predicted molar refractivity (Wildman–Crippen MR) is 397 cm³/mol. The van der Waals surface area contributed by atoms with Gasteiger partial charge in [0.15, 0.2) is 0 Å². The van der Waals surface area contributed by atoms with Crippen molar-refractivity contribution in [2.24, 2.45) is 0 Å². The minimum atomic E-state index is -0.502. The van der Waals surface area contributed by atoms with Crippen LogP contribution in [0.2, 0.25) is 0 Å². The third-order valence-electron chi connectivity index (χ3n) is 20.1. The zero-order chi connectivity index (χ0) is 62.6. The van der Waals surface area contributed by atoms with Crippen LogP contribution in [0.4, 0.5) is 34.1 Å². The van der Waals surface area contributed by atoms with E-state index < -0.39 is 5.41 Å². The second-order valence-corrected chi connectivity index (χ2v) is 25.2. The van der Waals surface area contributed by atoms with E-state index in [0.717, 1.165) is 67.8 Å². The fourth-order valence-corrected chi connectivity index (χ4v) is 16.0. The van der Waals surface area contributed by atoms with Crippen LogP contribution in [-0.4, -0.2) is 9.13 Å². The van der Waals surface area contributed by atoms with Crippen LogP contribution in [-0.2, 0) is 5.41 Å². The van der Waals surface area contributed by atoms with E-state index in [2.05, 4.69) is 383 Å². The predicted octanol–water partition coefficient (Wildman–Crippen LogP) is 24.2. The van der Waals surface area contributed by atoms with Crippen LogP contribution < -0.4 is 9.80 Å². The summed E-state index contributed by atoms with van der Waals surface area (Å²) in [6, 6.07) is 135. The first-order chi connectivity index (χ1) is 47.1. The summed E-state index contributed by atoms with van der Waals surface area (Å²) in [6.45, 7) is 0. The smallest absolute Gasteiger partial charge is 0.0725 e. The van der Waals surface area contributed by atoms with Gasteiger partial charge in [-0.1, -0.05) is 231 Å². The molecule has 0 unspecified atom stereocenters. The summed E-state index contributed by atoms with van der Waals surface area (Å²) in [5.74, 6) is 0. The summed E-state index contributed by atoms with van der Waals surface area (Å²) in [4.78, 5) is 4.86. The Kier molecular flexibility index (Phi) is 12.5. The molecule has 17 aromatic rings. The van der Waals surface area contributed by atoms with Gasteiger partial charge in [-0.15, -0.1) is 0 Å². The molecular weight excluding hydrogens is 1150 g/mol. The van der Waals surface area contributed by atoms with Gasteiger partial charge in [-0.05, 0) is 211 Å². The van der Waals surface area contributed by atoms with Gasteiger partial charge in [0, 0.05) is 67.0 Å². The van der Waals surface area contributed by atoms with Crippen molar-refractivity contribution >= 4 is 77.7 Å². The van der Waals surface area contributed by atoms with Crippen LogP contribution in [0.15, 0.2) is 364 Å². The van der Waals surface area contributed by atoms with Crippen molar-refractivity contribution in [2.45, 2.75) is 5.41 Å². The molecule has 0 bridgehead atoms. The zero-order valence-corrected chi connectivity index (χ0v) is 51.9. The van der Waals surface area contributed by atoms with E-state index >= 15 is 0 Å². The first-order valence-corrected chi connectivity index (χ1v) is 32.8. The largest absolute Gasteiger partial charge is 0.310 e. The number of anilines is 6. The van der Waals surface area contributed by atoms with Crippen LogP contribution in [0.25, 0.3) is 111 Å². The molecule has 2 aliphatic rings. The average molecular weight is 1210 g/mol. The molecule has 2 aliphatic carbocycles. The highest BCUT2D eigenvalue weighted by Crippen LogP contribution is 2.63. The second-order valence-electron chi connectivity index (χ2n) is 25.2. The molecule has 0 atom stereocenters. The SMILES string of the molecule is c1ccc(N(c2ccc(-c3ccc4c(c3)c3ccccc3n4-c3ccccc3)cc2)c2cc(-c3ccc4c(c3)C3(c5ccccc5-c5ccccc53)c3ccccc3-4)cc(N(c3ccccc3)c3ccc(-c4ccc5c(c4)c4ccccc4n5-c4ccccc4)cc3)c2)cc1. The lowest BCUT2D eigenvalue weighted by atomic mass is 9.70. The molecule has 4 heteroatoms. The lowest BCUT2D eigenvalue weighted by Crippen LogP contribution is -2.25. The molecule has 15 aromatic carbocycles. The summed E-state index contributed by atoms with van der Waals surface area (Å²) in [5, 5.41) is 4.93. The van der Waals surface area contributed by atoms with E-state index in [1.165, 1.54) is 99.2 Å². The summed E-state index contributed by atoms with van der Waals surface area (Å²) >= 11 is 0. The van der Waals surface area contributed by atoms with Crippen LogP contribution in [0, 0.1) is 0 Å². The molecule has 0 fully saturated rings. The Labute approximate surface area is 552 Å². The lowest BCUT2D eigenvalue weighted by molar-refractivity contribution is 0.794. The fraction of sp³-hybridized carbons (Fsp3) is 0.0110. The van der Waals surface area contributed by atoms with Gasteiger partial charge in [0.25, 0.3) is 0 Å². The third-order valence-corrected chi connectivity index (χ3v) is 20.1. The average Bonchev–Trinajstić information content (AvgIpc) is 1.51. The van der Waals surface area contributed by atoms with E-state index in [4.69, 9.17) is 0 Å². The molecule has 444 valence electrons. The van der Waals surface area contributed by atoms with Gasteiger partial charge >= 0.3 is 0 Å². The fourth-order valence-electron chi connectivity index (χ4n) is 16.0. The first-order valence-electron chi connectivity index (χ1n) is 32.8. The van der Waals surface area contributed by atoms with Gasteiger partial charge in [-0.3, -0.25) is 0 Å². The van der Waals surface area contributed by atoms with Crippen LogP contribution in [0.5, 0.6) is 0 Å². The summed E-state index contributed by atoms with van der Waals surface area (Å²) in [5.41, 5.74) is 30.1. The lowest BCUT2D eigenvalue weighted by Gasteiger charge is -2.31. The molecule has 1 spiro atoms. The number of benzene rings is 15. The molecule has 0 saturated carbocycles. The molecule has 0 saturated heterocycles. The molecule has 2 aromatic heterocycles. The van der Waals surface area contributed by atoms with Gasteiger partial charge in [0.1, 0.15) is 0 Å². The molecule has 0 amide bonds. The Hall–Kier alpha value is -12.5. The minimum Gasteiger partial charge on any atom is -0.310 e. The molecular formula is C91H60N4. The Bertz CT molecular complexity index is 5500. The van der Waals surface area contributed by atoms with Crippen molar-refractivity contribution in [3.63, 3.8) is 0 Å². The maximum absolute atomic E-state index is 2.52. The Morgan fingerprint density at radius 2 is 0.516 bits per heavy atom. The van der Waals surface area contributed by atoms with Crippen molar-refractivity contribution in [2.75, 3.05) is 9.80 Å². The standard InChI is InChI=1S/C91H60N4/c1-5-23-67(24-6-1)92(71-48-41-61(42-49-71)63-46-53-89-81(57-63)79-34-16-21-39-87(79)94(89)69-27-9-3-10-28-69)73-55-66(65-45-52-78-77-33-15-20-38-85(77)91(86(78)59-65)83-36-18-13-31-75(83)76-32-14-19-37-84(76)91)56-74(60-73)93(68-25-7-2-8-26-68)72-50-43-62(44-51-72)64-47-54-90-82(58-64)80-35-17-22-40-88(80)95(90)70-29-11-4-12-30-70/h1-60H. The van der Waals surface area contributed by atoms with Crippen LogP contribution >= 0.6 is 0 Å². The number of aromatic nitrogens is 2. The van der Waals surface area contributed by atoms with Crippen molar-refractivity contribution in [1.29, 1.82) is 0 Å². The van der Waals surface area contributed by atoms with E-state index in [9.17, 15) is 0 Å². The van der Waals surface area contributed by atoms with Gasteiger partial charge in [-0.2, -0.15) is 0 Å². The van der Waals surface area contributed by atoms with E-state index in [1.807, 2.05) is 0 Å². The van der Waals surface area contributed by atoms with E-state index in [0.29, 0.717) is 0 Å². The quantitative estimate of drug-likeness (QED) is 0.128. The molecule has 95 heavy (non-hydrogen) atoms. The Morgan fingerprint density at radius 3 is 0.958 bits per heavy atom. The summed E-state index contributed by atoms with van der Waals surface area (Å²) in [7, 11) is 0. The van der Waals surface area contributed by atoms with Gasteiger partial charge < -0.3 is 18.9 Å². The summed E-state index contributed by atoms with van der Waals surface area (Å²) < 4.78 is 4.76. The monoisotopic (exact) mass is 1210 g/mol. The molecule has 0 radical (unpaired) electrons. The highest BCUT2D eigenvalue weighted by molar-refractivity contribution is 6.12. The van der Waals surface area contributed by atoms with Gasteiger partial charge in [-0.25, -0.2) is 0 Å². The normalized spacial score (nSPS) is 12.5. The number of fused-ring (bicyclic) bond motifs is 16. The van der Waals surface area contributed by atoms with Crippen molar-refractivity contribution < 1.29 is 0 Å². The maximum Gasteiger partial charge on any atom is 0.0725 e. The molecule has 19 rings (SSSR count). The second kappa shape index (κ2) is 21.8. The Balaban J connectivity index is 0.784. The third kappa shape index (κ3) is 8.55. The number of rotatable bonds is 11. The van der Waals surface area contributed by atoms with Crippen molar-refractivity contribution in [3.8, 4) is 67.0 Å². The van der Waals surface area contributed by atoms with Crippen molar-refractivity contribution in [1.82, 2.24) is 9.13 Å². The van der Waals surface area contributed by atoms with E-state index in [1.54, 1.807) is 0 Å². The van der Waals surface area contributed by atoms with Crippen LogP contribution in [0.3, 0.4) is 0 Å². The number of nitrogens with zero attached hydrogens (tertiary/aromatic N) is 4. The molecule has 0 N–H and O–H groups in total. The number of para-hydroxylation sites is 6. The highest BCUT2D eigenvalue weighted by Gasteiger charge is 2.51. The first kappa shape index (κ1) is 54.3. The topological polar surface area (TPSA) is 16.3 Å². The maximum atomic E-state index is 2.52.